The third-order valence-electron chi connectivity index (χ3n) is 4.95. The van der Waals surface area contributed by atoms with E-state index in [-0.39, 0.29) is 5.56 Å². The average Bonchev–Trinajstić information content (AvgIpc) is 2.75. The highest BCUT2D eigenvalue weighted by atomic mass is 19.1. The minimum atomic E-state index is -0.691. The van der Waals surface area contributed by atoms with Crippen LogP contribution in [0.25, 0.3) is 22.2 Å². The molecule has 0 N–H and O–H groups in total. The number of benzene rings is 2. The van der Waals surface area contributed by atoms with Crippen LogP contribution in [0.4, 0.5) is 8.78 Å². The summed E-state index contributed by atoms with van der Waals surface area (Å²) >= 11 is 0. The molecular weight excluding hydrogens is 394 g/mol. The van der Waals surface area contributed by atoms with Crippen LogP contribution in [0.5, 0.6) is 11.5 Å². The van der Waals surface area contributed by atoms with Crippen LogP contribution in [-0.4, -0.2) is 66.9 Å². The second-order valence-corrected chi connectivity index (χ2v) is 6.97. The molecule has 1 saturated heterocycles. The van der Waals surface area contributed by atoms with Gasteiger partial charge >= 0.3 is 0 Å². The van der Waals surface area contributed by atoms with Crippen LogP contribution < -0.4 is 9.47 Å². The van der Waals surface area contributed by atoms with Gasteiger partial charge in [0.2, 0.25) is 0 Å². The van der Waals surface area contributed by atoms with E-state index in [2.05, 4.69) is 20.3 Å². The van der Waals surface area contributed by atoms with Crippen molar-refractivity contribution < 1.29 is 23.0 Å². The summed E-state index contributed by atoms with van der Waals surface area (Å²) in [5.41, 5.74) is 1.08. The van der Waals surface area contributed by atoms with Gasteiger partial charge in [-0.25, -0.2) is 8.78 Å². The van der Waals surface area contributed by atoms with E-state index in [0.717, 1.165) is 45.3 Å². The van der Waals surface area contributed by atoms with Crippen molar-refractivity contribution in [2.45, 2.75) is 6.42 Å². The first kappa shape index (κ1) is 20.4. The lowest BCUT2D eigenvalue weighted by molar-refractivity contribution is 0.0357. The molecule has 0 spiro atoms. The van der Waals surface area contributed by atoms with Gasteiger partial charge in [0.1, 0.15) is 22.8 Å². The lowest BCUT2D eigenvalue weighted by atomic mass is 10.1. The van der Waals surface area contributed by atoms with Crippen LogP contribution >= 0.6 is 0 Å². The van der Waals surface area contributed by atoms with Gasteiger partial charge in [0.15, 0.2) is 11.5 Å². The van der Waals surface area contributed by atoms with Crippen LogP contribution in [0.15, 0.2) is 30.3 Å². The third-order valence-corrected chi connectivity index (χ3v) is 4.95. The molecule has 0 atom stereocenters. The maximum atomic E-state index is 13.7. The SMILES string of the molecule is COc1cc2c(-c3cc(F)cc(F)c3)nnnc2cc1OCCCN1CCOCC1. The number of rotatable bonds is 7. The van der Waals surface area contributed by atoms with Crippen molar-refractivity contribution in [1.29, 1.82) is 0 Å². The van der Waals surface area contributed by atoms with E-state index in [1.807, 2.05) is 0 Å². The quantitative estimate of drug-likeness (QED) is 0.548. The van der Waals surface area contributed by atoms with Crippen molar-refractivity contribution in [2.24, 2.45) is 0 Å². The number of halogens is 2. The molecule has 1 aliphatic rings. The molecule has 9 heteroatoms. The first-order valence-corrected chi connectivity index (χ1v) is 9.74. The highest BCUT2D eigenvalue weighted by Crippen LogP contribution is 2.35. The van der Waals surface area contributed by atoms with Crippen LogP contribution in [-0.2, 0) is 4.74 Å². The van der Waals surface area contributed by atoms with Crippen LogP contribution in [0.2, 0.25) is 0 Å². The molecule has 0 radical (unpaired) electrons. The second-order valence-electron chi connectivity index (χ2n) is 6.97. The highest BCUT2D eigenvalue weighted by Gasteiger charge is 2.15. The van der Waals surface area contributed by atoms with E-state index in [1.165, 1.54) is 19.2 Å². The zero-order valence-corrected chi connectivity index (χ0v) is 16.6. The average molecular weight is 416 g/mol. The summed E-state index contributed by atoms with van der Waals surface area (Å²) in [7, 11) is 1.53. The number of fused-ring (bicyclic) bond motifs is 1. The topological polar surface area (TPSA) is 69.6 Å². The molecule has 2 heterocycles. The van der Waals surface area contributed by atoms with E-state index >= 15 is 0 Å². The zero-order chi connectivity index (χ0) is 20.9. The Morgan fingerprint density at radius 1 is 1.00 bits per heavy atom. The Hall–Kier alpha value is -2.91. The molecule has 7 nitrogen and oxygen atoms in total. The number of hydrogen-bond acceptors (Lipinski definition) is 7. The van der Waals surface area contributed by atoms with Gasteiger partial charge in [0, 0.05) is 42.7 Å². The normalized spacial score (nSPS) is 14.8. The Kier molecular flexibility index (Phi) is 6.29. The summed E-state index contributed by atoms with van der Waals surface area (Å²) in [4.78, 5) is 2.34. The molecule has 0 amide bonds. The number of morpholine rings is 1. The fourth-order valence-corrected chi connectivity index (χ4v) is 3.46. The number of nitrogens with zero attached hydrogens (tertiary/aromatic N) is 4. The summed E-state index contributed by atoms with van der Waals surface area (Å²) in [6.07, 6.45) is 0.858. The molecule has 158 valence electrons. The first-order chi connectivity index (χ1) is 14.6. The van der Waals surface area contributed by atoms with Gasteiger partial charge in [0.05, 0.1) is 26.9 Å². The third kappa shape index (κ3) is 4.63. The fourth-order valence-electron chi connectivity index (χ4n) is 3.46. The number of methoxy groups -OCH3 is 1. The number of hydrogen-bond donors (Lipinski definition) is 0. The molecule has 4 rings (SSSR count). The van der Waals surface area contributed by atoms with Crippen molar-refractivity contribution >= 4 is 10.9 Å². The van der Waals surface area contributed by atoms with Crippen LogP contribution in [0.3, 0.4) is 0 Å². The smallest absolute Gasteiger partial charge is 0.163 e. The van der Waals surface area contributed by atoms with Gasteiger partial charge in [-0.3, -0.25) is 4.90 Å². The zero-order valence-electron chi connectivity index (χ0n) is 16.6. The summed E-state index contributed by atoms with van der Waals surface area (Å²) < 4.78 is 44.1. The van der Waals surface area contributed by atoms with Gasteiger partial charge in [-0.15, -0.1) is 10.2 Å². The molecule has 0 saturated carbocycles. The standard InChI is InChI=1S/C21H22F2N4O3/c1-28-19-12-17-18(13-20(19)30-6-2-3-27-4-7-29-8-5-27)24-26-25-21(17)14-9-15(22)11-16(23)10-14/h9-13H,2-8H2,1H3. The van der Waals surface area contributed by atoms with Gasteiger partial charge in [-0.2, -0.15) is 0 Å². The summed E-state index contributed by atoms with van der Waals surface area (Å²) in [6.45, 7) is 4.85. The Morgan fingerprint density at radius 2 is 1.77 bits per heavy atom. The number of aromatic nitrogens is 3. The fraction of sp³-hybridized carbons (Fsp3) is 0.381. The van der Waals surface area contributed by atoms with Gasteiger partial charge in [-0.1, -0.05) is 0 Å². The first-order valence-electron chi connectivity index (χ1n) is 9.74. The van der Waals surface area contributed by atoms with Crippen LogP contribution in [0, 0.1) is 11.6 Å². The van der Waals surface area contributed by atoms with Gasteiger partial charge in [-0.05, 0) is 29.8 Å². The van der Waals surface area contributed by atoms with Gasteiger partial charge in [0.25, 0.3) is 0 Å². The summed E-state index contributed by atoms with van der Waals surface area (Å²) in [6, 6.07) is 6.62. The minimum Gasteiger partial charge on any atom is -0.493 e. The molecular formula is C21H22F2N4O3. The Balaban J connectivity index is 1.55. The van der Waals surface area contributed by atoms with Crippen molar-refractivity contribution in [3.8, 4) is 22.8 Å². The van der Waals surface area contributed by atoms with Crippen LogP contribution in [0.1, 0.15) is 6.42 Å². The Labute approximate surface area is 172 Å². The van der Waals surface area contributed by atoms with Crippen molar-refractivity contribution in [3.05, 3.63) is 42.0 Å². The molecule has 1 aliphatic heterocycles. The summed E-state index contributed by atoms with van der Waals surface area (Å²) in [5, 5.41) is 12.3. The van der Waals surface area contributed by atoms with Crippen molar-refractivity contribution in [1.82, 2.24) is 20.3 Å². The predicted octanol–water partition coefficient (Wildman–Crippen LogP) is 3.08. The maximum absolute atomic E-state index is 13.7. The molecule has 1 fully saturated rings. The Morgan fingerprint density at radius 3 is 2.50 bits per heavy atom. The predicted molar refractivity (Wildman–Crippen MR) is 107 cm³/mol. The molecule has 1 aromatic heterocycles. The Bertz CT molecular complexity index is 1010. The number of ether oxygens (including phenoxy) is 3. The minimum absolute atomic E-state index is 0.272. The van der Waals surface area contributed by atoms with E-state index in [0.29, 0.717) is 34.7 Å². The van der Waals surface area contributed by atoms with E-state index < -0.39 is 11.6 Å². The lowest BCUT2D eigenvalue weighted by Crippen LogP contribution is -2.37. The molecule has 30 heavy (non-hydrogen) atoms. The largest absolute Gasteiger partial charge is 0.493 e. The second kappa shape index (κ2) is 9.27. The van der Waals surface area contributed by atoms with Gasteiger partial charge < -0.3 is 14.2 Å². The van der Waals surface area contributed by atoms with E-state index in [9.17, 15) is 8.78 Å². The lowest BCUT2D eigenvalue weighted by Gasteiger charge is -2.26. The molecule has 3 aromatic rings. The van der Waals surface area contributed by atoms with Crippen molar-refractivity contribution in [2.75, 3.05) is 46.6 Å². The molecule has 2 aromatic carbocycles. The molecule has 0 bridgehead atoms. The summed E-state index contributed by atoms with van der Waals surface area (Å²) in [5.74, 6) is -0.362. The van der Waals surface area contributed by atoms with E-state index in [4.69, 9.17) is 14.2 Å². The molecule has 0 aliphatic carbocycles. The highest BCUT2D eigenvalue weighted by molar-refractivity contribution is 5.93. The van der Waals surface area contributed by atoms with E-state index in [1.54, 1.807) is 12.1 Å². The van der Waals surface area contributed by atoms with Crippen molar-refractivity contribution in [3.63, 3.8) is 0 Å². The monoisotopic (exact) mass is 416 g/mol. The molecule has 0 unspecified atom stereocenters. The maximum Gasteiger partial charge on any atom is 0.163 e.